The van der Waals surface area contributed by atoms with Gasteiger partial charge in [-0.3, -0.25) is 0 Å². The fourth-order valence-electron chi connectivity index (χ4n) is 2.58. The molecule has 11 heavy (non-hydrogen) atoms. The topological polar surface area (TPSA) is 9.23 Å². The molecule has 62 valence electrons. The Kier molecular flexibility index (Phi) is 1.40. The first-order chi connectivity index (χ1) is 5.19. The molecule has 2 bridgehead atoms. The highest BCUT2D eigenvalue weighted by molar-refractivity contribution is 5.21. The fraction of sp³-hybridized carbons (Fsp3) is 0.800. The van der Waals surface area contributed by atoms with E-state index in [1.54, 1.807) is 0 Å². The highest BCUT2D eigenvalue weighted by atomic mass is 16.5. The van der Waals surface area contributed by atoms with Crippen LogP contribution in [0.15, 0.2) is 12.2 Å². The van der Waals surface area contributed by atoms with Crippen molar-refractivity contribution in [3.63, 3.8) is 0 Å². The zero-order chi connectivity index (χ0) is 8.06. The average Bonchev–Trinajstić information content (AvgIpc) is 2.42. The Labute approximate surface area is 68.4 Å². The molecule has 1 saturated heterocycles. The van der Waals surface area contributed by atoms with Crippen molar-refractivity contribution in [3.8, 4) is 0 Å². The molecule has 0 aromatic rings. The Bertz CT molecular complexity index is 197. The van der Waals surface area contributed by atoms with Crippen LogP contribution in [0, 0.1) is 11.8 Å². The summed E-state index contributed by atoms with van der Waals surface area (Å²) in [7, 11) is 0. The van der Waals surface area contributed by atoms with Crippen molar-refractivity contribution in [1.82, 2.24) is 0 Å². The van der Waals surface area contributed by atoms with Crippen molar-refractivity contribution < 1.29 is 4.74 Å². The molecule has 0 aromatic heterocycles. The van der Waals surface area contributed by atoms with Gasteiger partial charge in [-0.2, -0.15) is 0 Å². The largest absolute Gasteiger partial charge is 0.367 e. The number of rotatable bonds is 1. The average molecular weight is 152 g/mol. The lowest BCUT2D eigenvalue weighted by atomic mass is 9.86. The summed E-state index contributed by atoms with van der Waals surface area (Å²) >= 11 is 0. The van der Waals surface area contributed by atoms with Gasteiger partial charge in [0.1, 0.15) is 0 Å². The van der Waals surface area contributed by atoms with Crippen LogP contribution in [0.25, 0.3) is 0 Å². The summed E-state index contributed by atoms with van der Waals surface area (Å²) in [5.74, 6) is 1.37. The standard InChI is InChI=1S/C10H16O/c1-4-10-6-5-9(7(10)2)8(3)11-10/h5-9H,4H2,1-3H3/t7-,8+,9+,10-/m1/s1. The van der Waals surface area contributed by atoms with E-state index in [4.69, 9.17) is 4.74 Å². The highest BCUT2D eigenvalue weighted by Gasteiger charge is 2.51. The van der Waals surface area contributed by atoms with Crippen molar-refractivity contribution in [3.05, 3.63) is 12.2 Å². The van der Waals surface area contributed by atoms with E-state index in [1.165, 1.54) is 0 Å². The molecule has 1 nitrogen and oxygen atoms in total. The van der Waals surface area contributed by atoms with E-state index in [-0.39, 0.29) is 5.60 Å². The smallest absolute Gasteiger partial charge is 0.0895 e. The summed E-state index contributed by atoms with van der Waals surface area (Å²) in [5, 5.41) is 0. The van der Waals surface area contributed by atoms with Crippen LogP contribution in [0.3, 0.4) is 0 Å². The molecule has 1 heterocycles. The second kappa shape index (κ2) is 2.10. The van der Waals surface area contributed by atoms with Gasteiger partial charge in [0.15, 0.2) is 0 Å². The van der Waals surface area contributed by atoms with E-state index in [2.05, 4.69) is 32.9 Å². The summed E-state index contributed by atoms with van der Waals surface area (Å²) in [6, 6.07) is 0. The molecule has 1 aliphatic heterocycles. The Morgan fingerprint density at radius 2 is 2.18 bits per heavy atom. The molecule has 0 N–H and O–H groups in total. The first-order valence-electron chi connectivity index (χ1n) is 4.57. The maximum Gasteiger partial charge on any atom is 0.0895 e. The van der Waals surface area contributed by atoms with Gasteiger partial charge in [-0.15, -0.1) is 0 Å². The van der Waals surface area contributed by atoms with Crippen molar-refractivity contribution in [1.29, 1.82) is 0 Å². The van der Waals surface area contributed by atoms with E-state index in [9.17, 15) is 0 Å². The molecular formula is C10H16O. The molecule has 0 aromatic carbocycles. The quantitative estimate of drug-likeness (QED) is 0.524. The van der Waals surface area contributed by atoms with Gasteiger partial charge in [0, 0.05) is 5.92 Å². The second-order valence-electron chi connectivity index (χ2n) is 3.86. The number of ether oxygens (including phenoxy) is 1. The van der Waals surface area contributed by atoms with Crippen LogP contribution in [-0.2, 0) is 4.74 Å². The van der Waals surface area contributed by atoms with Gasteiger partial charge in [0.25, 0.3) is 0 Å². The van der Waals surface area contributed by atoms with E-state index in [1.807, 2.05) is 0 Å². The number of hydrogen-bond acceptors (Lipinski definition) is 1. The molecule has 1 heteroatoms. The zero-order valence-electron chi connectivity index (χ0n) is 7.50. The van der Waals surface area contributed by atoms with Crippen molar-refractivity contribution in [2.45, 2.75) is 38.9 Å². The van der Waals surface area contributed by atoms with Crippen LogP contribution >= 0.6 is 0 Å². The Morgan fingerprint density at radius 1 is 1.45 bits per heavy atom. The van der Waals surface area contributed by atoms with E-state index in [0.717, 1.165) is 6.42 Å². The van der Waals surface area contributed by atoms with Crippen LogP contribution in [0.4, 0.5) is 0 Å². The third-order valence-corrected chi connectivity index (χ3v) is 3.45. The molecule has 0 radical (unpaired) electrons. The molecule has 1 fully saturated rings. The molecule has 1 aliphatic carbocycles. The lowest BCUT2D eigenvalue weighted by molar-refractivity contribution is -0.0209. The summed E-state index contributed by atoms with van der Waals surface area (Å²) in [6.45, 7) is 6.70. The first-order valence-corrected chi connectivity index (χ1v) is 4.57. The lowest BCUT2D eigenvalue weighted by Gasteiger charge is -2.26. The molecule has 4 atom stereocenters. The van der Waals surface area contributed by atoms with E-state index < -0.39 is 0 Å². The molecule has 2 aliphatic rings. The van der Waals surface area contributed by atoms with Gasteiger partial charge in [-0.05, 0) is 19.3 Å². The van der Waals surface area contributed by atoms with Crippen molar-refractivity contribution >= 4 is 0 Å². The monoisotopic (exact) mass is 152 g/mol. The van der Waals surface area contributed by atoms with Crippen LogP contribution in [0.1, 0.15) is 27.2 Å². The highest BCUT2D eigenvalue weighted by Crippen LogP contribution is 2.49. The summed E-state index contributed by atoms with van der Waals surface area (Å²) in [4.78, 5) is 0. The number of hydrogen-bond donors (Lipinski definition) is 0. The lowest BCUT2D eigenvalue weighted by Crippen LogP contribution is -2.29. The third-order valence-electron chi connectivity index (χ3n) is 3.45. The summed E-state index contributed by atoms with van der Waals surface area (Å²) < 4.78 is 5.92. The van der Waals surface area contributed by atoms with Gasteiger partial charge in [-0.1, -0.05) is 26.0 Å². The first kappa shape index (κ1) is 7.35. The van der Waals surface area contributed by atoms with E-state index in [0.29, 0.717) is 17.9 Å². The van der Waals surface area contributed by atoms with Gasteiger partial charge in [-0.25, -0.2) is 0 Å². The zero-order valence-corrected chi connectivity index (χ0v) is 7.50. The Morgan fingerprint density at radius 3 is 2.45 bits per heavy atom. The SMILES string of the molecule is CC[C@]12C=C[C@H]([C@H](C)O1)[C@H]2C. The molecule has 0 saturated carbocycles. The maximum atomic E-state index is 5.92. The van der Waals surface area contributed by atoms with Gasteiger partial charge < -0.3 is 4.74 Å². The molecule has 2 rings (SSSR count). The van der Waals surface area contributed by atoms with Crippen LogP contribution in [0.5, 0.6) is 0 Å². The van der Waals surface area contributed by atoms with Crippen LogP contribution in [-0.4, -0.2) is 11.7 Å². The summed E-state index contributed by atoms with van der Waals surface area (Å²) in [5.41, 5.74) is 0.101. The molecule has 0 unspecified atom stereocenters. The minimum atomic E-state index is 0.101. The van der Waals surface area contributed by atoms with Crippen LogP contribution < -0.4 is 0 Å². The molecule has 0 amide bonds. The van der Waals surface area contributed by atoms with Crippen molar-refractivity contribution in [2.75, 3.05) is 0 Å². The van der Waals surface area contributed by atoms with Gasteiger partial charge >= 0.3 is 0 Å². The second-order valence-corrected chi connectivity index (χ2v) is 3.86. The third kappa shape index (κ3) is 0.750. The minimum Gasteiger partial charge on any atom is -0.367 e. The predicted molar refractivity (Wildman–Crippen MR) is 45.4 cm³/mol. The maximum absolute atomic E-state index is 5.92. The van der Waals surface area contributed by atoms with Crippen molar-refractivity contribution in [2.24, 2.45) is 11.8 Å². The summed E-state index contributed by atoms with van der Waals surface area (Å²) in [6.07, 6.45) is 6.16. The minimum absolute atomic E-state index is 0.101. The molecule has 0 spiro atoms. The Balaban J connectivity index is 2.31. The van der Waals surface area contributed by atoms with Gasteiger partial charge in [0.05, 0.1) is 11.7 Å². The van der Waals surface area contributed by atoms with E-state index >= 15 is 0 Å². The normalized spacial score (nSPS) is 53.9. The fourth-order valence-corrected chi connectivity index (χ4v) is 2.58. The Hall–Kier alpha value is -0.300. The van der Waals surface area contributed by atoms with Gasteiger partial charge in [0.2, 0.25) is 0 Å². The molecular weight excluding hydrogens is 136 g/mol. The number of fused-ring (bicyclic) bond motifs is 2. The predicted octanol–water partition coefficient (Wildman–Crippen LogP) is 2.38. The van der Waals surface area contributed by atoms with Crippen LogP contribution in [0.2, 0.25) is 0 Å².